The van der Waals surface area contributed by atoms with Crippen LogP contribution in [0.15, 0.2) is 40.5 Å². The zero-order valence-corrected chi connectivity index (χ0v) is 24.4. The average molecular weight is 573 g/mol. The smallest absolute Gasteiger partial charge is 0.273 e. The lowest BCUT2D eigenvalue weighted by atomic mass is 10.0. The Hall–Kier alpha value is -4.11. The summed E-state index contributed by atoms with van der Waals surface area (Å²) in [6, 6.07) is 4.68. The van der Waals surface area contributed by atoms with Crippen LogP contribution in [0.5, 0.6) is 0 Å². The van der Waals surface area contributed by atoms with E-state index in [-0.39, 0.29) is 28.7 Å². The summed E-state index contributed by atoms with van der Waals surface area (Å²) in [6.45, 7) is 7.37. The van der Waals surface area contributed by atoms with Gasteiger partial charge >= 0.3 is 0 Å². The molecular formula is C29H32N8O3S. The van der Waals surface area contributed by atoms with Gasteiger partial charge in [0.25, 0.3) is 5.56 Å². The molecule has 0 amide bonds. The summed E-state index contributed by atoms with van der Waals surface area (Å²) < 4.78 is 25.7. The minimum absolute atomic E-state index is 0.00672. The molecule has 1 aliphatic carbocycles. The first-order chi connectivity index (χ1) is 19.7. The quantitative estimate of drug-likeness (QED) is 0.274. The van der Waals surface area contributed by atoms with Gasteiger partial charge in [0.15, 0.2) is 21.3 Å². The molecule has 4 aromatic rings. The first-order valence-electron chi connectivity index (χ1n) is 13.9. The van der Waals surface area contributed by atoms with Crippen LogP contribution in [0.3, 0.4) is 0 Å². The fourth-order valence-corrected chi connectivity index (χ4v) is 5.69. The lowest BCUT2D eigenvalue weighted by Gasteiger charge is -2.19. The van der Waals surface area contributed by atoms with Gasteiger partial charge in [-0.2, -0.15) is 5.26 Å². The number of hydrogen-bond acceptors (Lipinski definition) is 10. The van der Waals surface area contributed by atoms with E-state index < -0.39 is 21.4 Å². The van der Waals surface area contributed by atoms with Gasteiger partial charge in [-0.25, -0.2) is 33.3 Å². The standard InChI is InChI=1S/C29H32N8O3S/c1-5-21-25(26(18-7-8-18)34-16-33-21)27-32-15-23-28(36-27)37(24(13-30)17(3)4)29(38)22(35-23)12-10-19-9-11-20(14-31-19)41(39,40)6-2/h9,11,14-18,24H,5-8,10,12H2,1-4H3/t24-/m1/s1. The van der Waals surface area contributed by atoms with Gasteiger partial charge in [0.05, 0.1) is 39.9 Å². The van der Waals surface area contributed by atoms with Gasteiger partial charge in [-0.3, -0.25) is 14.3 Å². The highest BCUT2D eigenvalue weighted by Crippen LogP contribution is 2.43. The van der Waals surface area contributed by atoms with Crippen LogP contribution in [-0.2, 0) is 29.1 Å². The first kappa shape index (κ1) is 28.4. The van der Waals surface area contributed by atoms with Crippen molar-refractivity contribution >= 4 is 21.0 Å². The Balaban J connectivity index is 1.59. The van der Waals surface area contributed by atoms with Crippen LogP contribution in [0.25, 0.3) is 22.6 Å². The maximum absolute atomic E-state index is 13.9. The van der Waals surface area contributed by atoms with E-state index in [2.05, 4.69) is 31.0 Å². The third-order valence-corrected chi connectivity index (χ3v) is 9.09. The number of nitrogens with zero attached hydrogens (tertiary/aromatic N) is 8. The van der Waals surface area contributed by atoms with Crippen molar-refractivity contribution in [1.29, 1.82) is 5.26 Å². The molecule has 0 aliphatic heterocycles. The molecule has 1 fully saturated rings. The fourth-order valence-electron chi connectivity index (χ4n) is 4.87. The molecule has 1 saturated carbocycles. The molecule has 0 spiro atoms. The summed E-state index contributed by atoms with van der Waals surface area (Å²) in [6.07, 6.45) is 7.90. The third-order valence-electron chi connectivity index (χ3n) is 7.37. The van der Waals surface area contributed by atoms with Crippen molar-refractivity contribution in [3.63, 3.8) is 0 Å². The van der Waals surface area contributed by atoms with Crippen molar-refractivity contribution in [1.82, 2.24) is 34.5 Å². The number of nitriles is 1. The molecule has 212 valence electrons. The number of fused-ring (bicyclic) bond motifs is 1. The molecule has 0 unspecified atom stereocenters. The van der Waals surface area contributed by atoms with E-state index in [4.69, 9.17) is 4.98 Å². The maximum Gasteiger partial charge on any atom is 0.275 e. The summed E-state index contributed by atoms with van der Waals surface area (Å²) in [4.78, 5) is 41.4. The van der Waals surface area contributed by atoms with Crippen molar-refractivity contribution in [3.8, 4) is 17.5 Å². The average Bonchev–Trinajstić information content (AvgIpc) is 3.83. The van der Waals surface area contributed by atoms with Crippen LogP contribution in [0, 0.1) is 17.2 Å². The zero-order chi connectivity index (χ0) is 29.3. The molecule has 0 bridgehead atoms. The van der Waals surface area contributed by atoms with Crippen LogP contribution in [0.4, 0.5) is 0 Å². The zero-order valence-electron chi connectivity index (χ0n) is 23.6. The predicted octanol–water partition coefficient (Wildman–Crippen LogP) is 3.78. The lowest BCUT2D eigenvalue weighted by Crippen LogP contribution is -2.32. The minimum atomic E-state index is -3.35. The molecule has 12 heteroatoms. The Morgan fingerprint density at radius 2 is 1.80 bits per heavy atom. The van der Waals surface area contributed by atoms with Gasteiger partial charge in [-0.1, -0.05) is 27.7 Å². The summed E-state index contributed by atoms with van der Waals surface area (Å²) in [5.74, 6) is 0.587. The van der Waals surface area contributed by atoms with Crippen LogP contribution < -0.4 is 5.56 Å². The summed E-state index contributed by atoms with van der Waals surface area (Å²) in [5, 5.41) is 10.1. The van der Waals surface area contributed by atoms with Crippen LogP contribution in [0.1, 0.15) is 75.3 Å². The molecule has 41 heavy (non-hydrogen) atoms. The van der Waals surface area contributed by atoms with E-state index >= 15 is 0 Å². The number of sulfone groups is 1. The predicted molar refractivity (Wildman–Crippen MR) is 153 cm³/mol. The Morgan fingerprint density at radius 1 is 1.02 bits per heavy atom. The van der Waals surface area contributed by atoms with Crippen molar-refractivity contribution < 1.29 is 8.42 Å². The van der Waals surface area contributed by atoms with Crippen molar-refractivity contribution in [2.45, 2.75) is 76.7 Å². The lowest BCUT2D eigenvalue weighted by molar-refractivity contribution is 0.455. The second-order valence-electron chi connectivity index (χ2n) is 10.6. The summed E-state index contributed by atoms with van der Waals surface area (Å²) >= 11 is 0. The van der Waals surface area contributed by atoms with Crippen molar-refractivity contribution in [3.05, 3.63) is 64.0 Å². The minimum Gasteiger partial charge on any atom is -0.273 e. The summed E-state index contributed by atoms with van der Waals surface area (Å²) in [5.41, 5.74) is 3.75. The summed E-state index contributed by atoms with van der Waals surface area (Å²) in [7, 11) is -3.35. The van der Waals surface area contributed by atoms with Crippen LogP contribution in [0.2, 0.25) is 0 Å². The normalized spacial score (nSPS) is 14.3. The second kappa shape index (κ2) is 11.4. The molecule has 4 aromatic heterocycles. The molecular weight excluding hydrogens is 540 g/mol. The van der Waals surface area contributed by atoms with E-state index in [9.17, 15) is 18.5 Å². The molecule has 5 rings (SSSR count). The Labute approximate surface area is 238 Å². The highest BCUT2D eigenvalue weighted by Gasteiger charge is 2.31. The monoisotopic (exact) mass is 572 g/mol. The van der Waals surface area contributed by atoms with Gasteiger partial charge in [-0.15, -0.1) is 0 Å². The largest absolute Gasteiger partial charge is 0.275 e. The van der Waals surface area contributed by atoms with E-state index in [1.165, 1.54) is 16.8 Å². The molecule has 11 nitrogen and oxygen atoms in total. The van der Waals surface area contributed by atoms with Crippen LogP contribution >= 0.6 is 0 Å². The maximum atomic E-state index is 13.9. The first-order valence-corrected chi connectivity index (χ1v) is 15.5. The topological polar surface area (TPSA) is 157 Å². The third kappa shape index (κ3) is 5.59. The van der Waals surface area contributed by atoms with Gasteiger partial charge in [0, 0.05) is 24.2 Å². The van der Waals surface area contributed by atoms with E-state index in [1.807, 2.05) is 20.8 Å². The van der Waals surface area contributed by atoms with E-state index in [0.717, 1.165) is 29.8 Å². The highest BCUT2D eigenvalue weighted by atomic mass is 32.2. The van der Waals surface area contributed by atoms with Gasteiger partial charge in [0.1, 0.15) is 23.6 Å². The van der Waals surface area contributed by atoms with Gasteiger partial charge in [0.2, 0.25) is 0 Å². The molecule has 4 heterocycles. The van der Waals surface area contributed by atoms with E-state index in [0.29, 0.717) is 41.4 Å². The number of pyridine rings is 1. The van der Waals surface area contributed by atoms with Gasteiger partial charge in [-0.05, 0) is 43.7 Å². The van der Waals surface area contributed by atoms with Crippen molar-refractivity contribution in [2.75, 3.05) is 5.75 Å². The fraction of sp³-hybridized carbons (Fsp3) is 0.448. The van der Waals surface area contributed by atoms with E-state index in [1.54, 1.807) is 25.5 Å². The number of aromatic nitrogens is 7. The molecule has 0 radical (unpaired) electrons. The van der Waals surface area contributed by atoms with Gasteiger partial charge < -0.3 is 0 Å². The number of rotatable bonds is 10. The molecule has 0 N–H and O–H groups in total. The Kier molecular flexibility index (Phi) is 7.91. The number of hydrogen-bond donors (Lipinski definition) is 0. The molecule has 1 atom stereocenters. The van der Waals surface area contributed by atoms with Crippen LogP contribution in [-0.4, -0.2) is 48.6 Å². The SMILES string of the molecule is CCc1ncnc(C2CC2)c1-c1ncc2nc(CCc3ccc(S(=O)(=O)CC)cn3)c(=O)n([C@H](C#N)C(C)C)c2n1. The second-order valence-corrected chi connectivity index (χ2v) is 12.8. The van der Waals surface area contributed by atoms with Crippen molar-refractivity contribution in [2.24, 2.45) is 5.92 Å². The Morgan fingerprint density at radius 3 is 2.41 bits per heavy atom. The molecule has 0 aromatic carbocycles. The number of aryl methyl sites for hydroxylation is 3. The Bertz CT molecular complexity index is 1810. The molecule has 0 saturated heterocycles. The highest BCUT2D eigenvalue weighted by molar-refractivity contribution is 7.91. The molecule has 1 aliphatic rings.